The monoisotopic (exact) mass is 276 g/mol. The fourth-order valence-electron chi connectivity index (χ4n) is 2.64. The molecule has 1 amide bonds. The van der Waals surface area contributed by atoms with Crippen LogP contribution in [-0.2, 0) is 9.53 Å². The highest BCUT2D eigenvalue weighted by atomic mass is 16.5. The van der Waals surface area contributed by atoms with Gasteiger partial charge in [-0.05, 0) is 32.8 Å². The Morgan fingerprint density at radius 3 is 2.60 bits per heavy atom. The molecule has 0 bridgehead atoms. The maximum absolute atomic E-state index is 12.4. The molecule has 1 aromatic carbocycles. The molecule has 1 heterocycles. The molecule has 1 N–H and O–H groups in total. The first-order chi connectivity index (χ1) is 9.54. The second-order valence-corrected chi connectivity index (χ2v) is 5.58. The van der Waals surface area contributed by atoms with E-state index in [0.717, 1.165) is 12.0 Å². The van der Waals surface area contributed by atoms with E-state index in [1.165, 1.54) is 5.56 Å². The summed E-state index contributed by atoms with van der Waals surface area (Å²) in [7, 11) is 1.69. The van der Waals surface area contributed by atoms with Gasteiger partial charge in [-0.25, -0.2) is 0 Å². The minimum Gasteiger partial charge on any atom is -0.385 e. The van der Waals surface area contributed by atoms with Crippen LogP contribution >= 0.6 is 0 Å². The molecular weight excluding hydrogens is 252 g/mol. The van der Waals surface area contributed by atoms with Crippen LogP contribution in [-0.4, -0.2) is 36.6 Å². The molecule has 3 unspecified atom stereocenters. The zero-order valence-electron chi connectivity index (χ0n) is 12.7. The van der Waals surface area contributed by atoms with Gasteiger partial charge in [0.1, 0.15) is 6.17 Å². The lowest BCUT2D eigenvalue weighted by atomic mass is 10.1. The van der Waals surface area contributed by atoms with E-state index in [1.807, 2.05) is 11.8 Å². The van der Waals surface area contributed by atoms with Crippen molar-refractivity contribution in [2.75, 3.05) is 13.7 Å². The van der Waals surface area contributed by atoms with Gasteiger partial charge in [-0.15, -0.1) is 0 Å². The molecule has 3 atom stereocenters. The van der Waals surface area contributed by atoms with Gasteiger partial charge in [0, 0.05) is 19.8 Å². The van der Waals surface area contributed by atoms with Gasteiger partial charge < -0.3 is 9.64 Å². The third-order valence-corrected chi connectivity index (χ3v) is 3.92. The van der Waals surface area contributed by atoms with E-state index < -0.39 is 0 Å². The summed E-state index contributed by atoms with van der Waals surface area (Å²) in [6.45, 7) is 6.74. The summed E-state index contributed by atoms with van der Waals surface area (Å²) in [4.78, 5) is 14.3. The first kappa shape index (κ1) is 15.0. The van der Waals surface area contributed by atoms with Gasteiger partial charge >= 0.3 is 0 Å². The molecule has 0 saturated carbocycles. The number of carbonyl (C=O) groups excluding carboxylic acids is 1. The summed E-state index contributed by atoms with van der Waals surface area (Å²) < 4.78 is 5.13. The van der Waals surface area contributed by atoms with Gasteiger partial charge in [0.2, 0.25) is 5.91 Å². The Morgan fingerprint density at radius 2 is 2.00 bits per heavy atom. The minimum atomic E-state index is -0.133. The van der Waals surface area contributed by atoms with E-state index in [0.29, 0.717) is 6.61 Å². The molecule has 0 aliphatic carbocycles. The highest BCUT2D eigenvalue weighted by molar-refractivity contribution is 5.84. The van der Waals surface area contributed by atoms with Crippen LogP contribution in [0.25, 0.3) is 0 Å². The Balaban J connectivity index is 2.21. The normalized spacial score (nSPS) is 24.2. The van der Waals surface area contributed by atoms with Crippen molar-refractivity contribution >= 4 is 5.91 Å². The summed E-state index contributed by atoms with van der Waals surface area (Å²) in [5.41, 5.74) is 2.36. The van der Waals surface area contributed by atoms with Gasteiger partial charge in [0.05, 0.1) is 6.04 Å². The number of aryl methyl sites for hydroxylation is 1. The molecule has 1 saturated heterocycles. The van der Waals surface area contributed by atoms with Crippen molar-refractivity contribution in [2.45, 2.75) is 45.4 Å². The van der Waals surface area contributed by atoms with Crippen molar-refractivity contribution in [1.29, 1.82) is 0 Å². The number of methoxy groups -OCH3 is 1. The molecule has 4 nitrogen and oxygen atoms in total. The van der Waals surface area contributed by atoms with Gasteiger partial charge in [0.15, 0.2) is 0 Å². The molecule has 0 spiro atoms. The average molecular weight is 276 g/mol. The number of carbonyl (C=O) groups is 1. The van der Waals surface area contributed by atoms with Gasteiger partial charge in [-0.2, -0.15) is 0 Å². The van der Waals surface area contributed by atoms with E-state index >= 15 is 0 Å². The van der Waals surface area contributed by atoms with E-state index in [1.54, 1.807) is 7.11 Å². The standard InChI is InChI=1S/C16H24N2O2/c1-11-5-7-14(8-6-11)15-17-13(3)16(19)18(15)12(2)9-10-20-4/h5-8,12-13,15,17H,9-10H2,1-4H3. The smallest absolute Gasteiger partial charge is 0.241 e. The van der Waals surface area contributed by atoms with E-state index in [2.05, 4.69) is 43.4 Å². The lowest BCUT2D eigenvalue weighted by molar-refractivity contribution is -0.132. The number of amides is 1. The van der Waals surface area contributed by atoms with Gasteiger partial charge in [-0.1, -0.05) is 29.8 Å². The van der Waals surface area contributed by atoms with Crippen LogP contribution in [0.3, 0.4) is 0 Å². The lowest BCUT2D eigenvalue weighted by Gasteiger charge is -2.30. The number of rotatable bonds is 5. The molecule has 2 rings (SSSR count). The highest BCUT2D eigenvalue weighted by Gasteiger charge is 2.39. The summed E-state index contributed by atoms with van der Waals surface area (Å²) in [5, 5.41) is 3.38. The Labute approximate surface area is 121 Å². The second kappa shape index (κ2) is 6.37. The van der Waals surface area contributed by atoms with E-state index in [-0.39, 0.29) is 24.2 Å². The second-order valence-electron chi connectivity index (χ2n) is 5.58. The van der Waals surface area contributed by atoms with Crippen LogP contribution in [0.2, 0.25) is 0 Å². The topological polar surface area (TPSA) is 41.6 Å². The van der Waals surface area contributed by atoms with Crippen molar-refractivity contribution in [1.82, 2.24) is 10.2 Å². The third kappa shape index (κ3) is 3.02. The zero-order valence-corrected chi connectivity index (χ0v) is 12.7. The van der Waals surface area contributed by atoms with E-state index in [4.69, 9.17) is 4.74 Å². The molecule has 20 heavy (non-hydrogen) atoms. The number of hydrogen-bond donors (Lipinski definition) is 1. The highest BCUT2D eigenvalue weighted by Crippen LogP contribution is 2.28. The number of benzene rings is 1. The predicted octanol–water partition coefficient (Wildman–Crippen LogP) is 2.24. The predicted molar refractivity (Wildman–Crippen MR) is 79.3 cm³/mol. The zero-order chi connectivity index (χ0) is 14.7. The van der Waals surface area contributed by atoms with Crippen LogP contribution in [0, 0.1) is 6.92 Å². The minimum absolute atomic E-state index is 0.0371. The molecule has 1 aliphatic rings. The molecule has 110 valence electrons. The first-order valence-corrected chi connectivity index (χ1v) is 7.18. The summed E-state index contributed by atoms with van der Waals surface area (Å²) in [6.07, 6.45) is 0.809. The van der Waals surface area contributed by atoms with Crippen LogP contribution in [0.5, 0.6) is 0 Å². The van der Waals surface area contributed by atoms with Crippen molar-refractivity contribution in [3.63, 3.8) is 0 Å². The molecule has 1 fully saturated rings. The van der Waals surface area contributed by atoms with Crippen molar-refractivity contribution < 1.29 is 9.53 Å². The molecule has 1 aromatic rings. The number of nitrogens with one attached hydrogen (secondary N) is 1. The van der Waals surface area contributed by atoms with Crippen molar-refractivity contribution in [2.24, 2.45) is 0 Å². The van der Waals surface area contributed by atoms with Crippen LogP contribution in [0.4, 0.5) is 0 Å². The Bertz CT molecular complexity index is 458. The summed E-state index contributed by atoms with van der Waals surface area (Å²) in [6, 6.07) is 8.38. The van der Waals surface area contributed by atoms with Crippen molar-refractivity contribution in [3.05, 3.63) is 35.4 Å². The summed E-state index contributed by atoms with van der Waals surface area (Å²) in [5.74, 6) is 0.166. The number of nitrogens with zero attached hydrogens (tertiary/aromatic N) is 1. The fourth-order valence-corrected chi connectivity index (χ4v) is 2.64. The SMILES string of the molecule is COCCC(C)N1C(=O)C(C)NC1c1ccc(C)cc1. The largest absolute Gasteiger partial charge is 0.385 e. The maximum Gasteiger partial charge on any atom is 0.241 e. The van der Waals surface area contributed by atoms with Gasteiger partial charge in [0.25, 0.3) is 0 Å². The first-order valence-electron chi connectivity index (χ1n) is 7.18. The lowest BCUT2D eigenvalue weighted by Crippen LogP contribution is -2.38. The molecule has 0 aromatic heterocycles. The Kier molecular flexibility index (Phi) is 4.78. The van der Waals surface area contributed by atoms with Crippen LogP contribution in [0.1, 0.15) is 37.6 Å². The number of ether oxygens (including phenoxy) is 1. The number of hydrogen-bond acceptors (Lipinski definition) is 3. The third-order valence-electron chi connectivity index (χ3n) is 3.92. The van der Waals surface area contributed by atoms with Crippen molar-refractivity contribution in [3.8, 4) is 0 Å². The molecule has 1 aliphatic heterocycles. The quantitative estimate of drug-likeness (QED) is 0.896. The van der Waals surface area contributed by atoms with Crippen LogP contribution < -0.4 is 5.32 Å². The van der Waals surface area contributed by atoms with Crippen LogP contribution in [0.15, 0.2) is 24.3 Å². The molecule has 0 radical (unpaired) electrons. The van der Waals surface area contributed by atoms with E-state index in [9.17, 15) is 4.79 Å². The summed E-state index contributed by atoms with van der Waals surface area (Å²) >= 11 is 0. The molecular formula is C16H24N2O2. The fraction of sp³-hybridized carbons (Fsp3) is 0.562. The van der Waals surface area contributed by atoms with Gasteiger partial charge in [-0.3, -0.25) is 10.1 Å². The Morgan fingerprint density at radius 1 is 1.35 bits per heavy atom. The Hall–Kier alpha value is -1.39. The molecule has 4 heteroatoms. The maximum atomic E-state index is 12.4. The average Bonchev–Trinajstić information content (AvgIpc) is 2.73.